The van der Waals surface area contributed by atoms with Gasteiger partial charge >= 0.3 is 17.9 Å². The molecule has 8 heteroatoms. The number of likely N-dealkylation sites (N-methyl/N-ethyl adjacent to an activating group) is 1. The van der Waals surface area contributed by atoms with Gasteiger partial charge in [0.2, 0.25) is 0 Å². The molecule has 0 heterocycles. The zero-order chi connectivity index (χ0) is 41.4. The molecule has 0 saturated heterocycles. The summed E-state index contributed by atoms with van der Waals surface area (Å²) in [6.45, 7) is 4.49. The van der Waals surface area contributed by atoms with Gasteiger partial charge in [-0.25, -0.2) is 4.79 Å². The van der Waals surface area contributed by atoms with Crippen molar-refractivity contribution in [1.29, 1.82) is 0 Å². The Bertz CT molecular complexity index is 1190. The highest BCUT2D eigenvalue weighted by atomic mass is 16.6. The van der Waals surface area contributed by atoms with Crippen LogP contribution in [0.1, 0.15) is 149 Å². The average molecular weight is 783 g/mol. The molecule has 0 aromatic heterocycles. The number of rotatable bonds is 37. The molecule has 2 unspecified atom stereocenters. The second kappa shape index (κ2) is 38.4. The van der Waals surface area contributed by atoms with Gasteiger partial charge in [0.25, 0.3) is 0 Å². The molecule has 0 aliphatic carbocycles. The molecule has 8 nitrogen and oxygen atoms in total. The first-order valence-electron chi connectivity index (χ1n) is 21.6. The van der Waals surface area contributed by atoms with Gasteiger partial charge in [-0.1, -0.05) is 144 Å². The third kappa shape index (κ3) is 36.2. The average Bonchev–Trinajstić information content (AvgIpc) is 3.15. The summed E-state index contributed by atoms with van der Waals surface area (Å²) in [5.41, 5.74) is 0. The molecule has 0 radical (unpaired) electrons. The van der Waals surface area contributed by atoms with E-state index >= 15 is 0 Å². The summed E-state index contributed by atoms with van der Waals surface area (Å²) >= 11 is 0. The highest BCUT2D eigenvalue weighted by Crippen LogP contribution is 2.12. The molecule has 0 saturated carbocycles. The standard InChI is InChI=1S/C48H79NO7/c1-6-8-10-12-14-16-18-20-22-24-26-28-30-32-34-36-38-46(50)55-43-44(42-54-41-40-45(48(52)53)49(3,4)5)56-47(51)39-37-35-33-31-29-27-25-23-21-19-17-15-13-11-9-7-2/h8,10,14,16,20,22-23,25-29,32,34,44-45H,6-7,9,11-13,15,17-19,21,24,30-31,33,35-43H2,1-5H3/p+1/b10-8+,16-14+,22-20+,25-23+,28-26+,29-27+,34-32+. The van der Waals surface area contributed by atoms with Gasteiger partial charge in [-0.05, 0) is 70.6 Å². The van der Waals surface area contributed by atoms with Crippen LogP contribution in [-0.4, -0.2) is 80.6 Å². The van der Waals surface area contributed by atoms with E-state index in [9.17, 15) is 19.5 Å². The fraction of sp³-hybridized carbons (Fsp3) is 0.646. The van der Waals surface area contributed by atoms with Crippen LogP contribution >= 0.6 is 0 Å². The fourth-order valence-electron chi connectivity index (χ4n) is 5.72. The number of hydrogen-bond donors (Lipinski definition) is 1. The van der Waals surface area contributed by atoms with E-state index in [2.05, 4.69) is 86.8 Å². The Morgan fingerprint density at radius 2 is 1.09 bits per heavy atom. The maximum absolute atomic E-state index is 12.7. The number of carboxylic acid groups (broad SMARTS) is 1. The molecule has 1 N–H and O–H groups in total. The van der Waals surface area contributed by atoms with E-state index in [-0.39, 0.29) is 49.1 Å². The monoisotopic (exact) mass is 783 g/mol. The number of carbonyl (C=O) groups excluding carboxylic acids is 2. The Morgan fingerprint density at radius 1 is 0.571 bits per heavy atom. The minimum Gasteiger partial charge on any atom is -0.477 e. The number of allylic oxidation sites excluding steroid dienone is 14. The van der Waals surface area contributed by atoms with Gasteiger partial charge < -0.3 is 23.8 Å². The van der Waals surface area contributed by atoms with Crippen LogP contribution < -0.4 is 0 Å². The SMILES string of the molecule is CC/C=C/C/C=C/C/C=C/C/C=C/C/C=C/CCC(=O)OCC(COCCC(C(=O)O)[N+](C)(C)C)OC(=O)CCCCC/C=C/C=C/CCCCCCCCC. The molecule has 56 heavy (non-hydrogen) atoms. The van der Waals surface area contributed by atoms with Crippen molar-refractivity contribution < 1.29 is 38.2 Å². The van der Waals surface area contributed by atoms with Crippen molar-refractivity contribution in [3.05, 3.63) is 85.1 Å². The van der Waals surface area contributed by atoms with E-state index in [1.54, 1.807) is 0 Å². The molecule has 0 aromatic carbocycles. The molecular formula is C48H80NO7+. The Morgan fingerprint density at radius 3 is 1.62 bits per heavy atom. The lowest BCUT2D eigenvalue weighted by molar-refractivity contribution is -0.887. The molecule has 0 aromatic rings. The van der Waals surface area contributed by atoms with Crippen molar-refractivity contribution in [1.82, 2.24) is 0 Å². The molecule has 2 atom stereocenters. The Labute approximate surface area is 342 Å². The highest BCUT2D eigenvalue weighted by Gasteiger charge is 2.31. The molecule has 0 bridgehead atoms. The van der Waals surface area contributed by atoms with Gasteiger partial charge in [-0.3, -0.25) is 9.59 Å². The van der Waals surface area contributed by atoms with Crippen LogP contribution in [0.25, 0.3) is 0 Å². The predicted octanol–water partition coefficient (Wildman–Crippen LogP) is 11.7. The summed E-state index contributed by atoms with van der Waals surface area (Å²) < 4.78 is 17.1. The first-order valence-corrected chi connectivity index (χ1v) is 21.6. The number of hydrogen-bond acceptors (Lipinski definition) is 6. The highest BCUT2D eigenvalue weighted by molar-refractivity contribution is 5.72. The largest absolute Gasteiger partial charge is 0.477 e. The summed E-state index contributed by atoms with van der Waals surface area (Å²) in [6, 6.07) is -0.634. The number of aliphatic carboxylic acids is 1. The van der Waals surface area contributed by atoms with Crippen LogP contribution in [0.4, 0.5) is 0 Å². The third-order valence-corrected chi connectivity index (χ3v) is 9.07. The van der Waals surface area contributed by atoms with Crippen molar-refractivity contribution in [3.63, 3.8) is 0 Å². The zero-order valence-corrected chi connectivity index (χ0v) is 36.1. The van der Waals surface area contributed by atoms with Gasteiger partial charge in [-0.15, -0.1) is 0 Å². The third-order valence-electron chi connectivity index (χ3n) is 9.07. The van der Waals surface area contributed by atoms with Crippen molar-refractivity contribution >= 4 is 17.9 Å². The van der Waals surface area contributed by atoms with E-state index < -0.39 is 18.1 Å². The molecule has 0 aliphatic heterocycles. The normalized spacial score (nSPS) is 13.8. The van der Waals surface area contributed by atoms with Crippen LogP contribution in [0.2, 0.25) is 0 Å². The van der Waals surface area contributed by atoms with E-state index in [1.165, 1.54) is 44.9 Å². The summed E-state index contributed by atoms with van der Waals surface area (Å²) in [5, 5.41) is 9.61. The minimum absolute atomic E-state index is 0.0224. The van der Waals surface area contributed by atoms with E-state index in [4.69, 9.17) is 14.2 Å². The summed E-state index contributed by atoms with van der Waals surface area (Å²) in [4.78, 5) is 36.9. The first kappa shape index (κ1) is 52.5. The number of carboxylic acids is 1. The molecule has 0 rings (SSSR count). The number of unbranched alkanes of at least 4 members (excludes halogenated alkanes) is 10. The van der Waals surface area contributed by atoms with Gasteiger partial charge in [0.1, 0.15) is 6.61 Å². The number of quaternary nitrogens is 1. The van der Waals surface area contributed by atoms with Crippen molar-refractivity contribution in [2.75, 3.05) is 41.0 Å². The predicted molar refractivity (Wildman–Crippen MR) is 233 cm³/mol. The fourth-order valence-corrected chi connectivity index (χ4v) is 5.72. The van der Waals surface area contributed by atoms with Crippen LogP contribution in [0.15, 0.2) is 85.1 Å². The van der Waals surface area contributed by atoms with E-state index in [0.717, 1.165) is 57.8 Å². The number of nitrogens with zero attached hydrogens (tertiary/aromatic N) is 1. The molecule has 0 amide bonds. The van der Waals surface area contributed by atoms with Crippen LogP contribution in [-0.2, 0) is 28.6 Å². The second-order valence-corrected chi connectivity index (χ2v) is 15.2. The number of carbonyl (C=O) groups is 3. The summed E-state index contributed by atoms with van der Waals surface area (Å²) in [5.74, 6) is -1.62. The van der Waals surface area contributed by atoms with Gasteiger partial charge in [0, 0.05) is 19.3 Å². The lowest BCUT2D eigenvalue weighted by Crippen LogP contribution is -2.50. The lowest BCUT2D eigenvalue weighted by atomic mass is 10.1. The maximum atomic E-state index is 12.7. The summed E-state index contributed by atoms with van der Waals surface area (Å²) in [6.07, 6.45) is 49.3. The van der Waals surface area contributed by atoms with Crippen molar-refractivity contribution in [3.8, 4) is 0 Å². The number of ether oxygens (including phenoxy) is 3. The molecule has 0 spiro atoms. The molecule has 0 fully saturated rings. The van der Waals surface area contributed by atoms with Crippen LogP contribution in [0.3, 0.4) is 0 Å². The quantitative estimate of drug-likeness (QED) is 0.0220. The first-order chi connectivity index (χ1) is 27.1. The topological polar surface area (TPSA) is 99.1 Å². The van der Waals surface area contributed by atoms with Crippen molar-refractivity contribution in [2.24, 2.45) is 0 Å². The van der Waals surface area contributed by atoms with Gasteiger partial charge in [0.15, 0.2) is 12.1 Å². The summed E-state index contributed by atoms with van der Waals surface area (Å²) in [7, 11) is 5.48. The molecular weight excluding hydrogens is 703 g/mol. The Kier molecular flexibility index (Phi) is 36.0. The van der Waals surface area contributed by atoms with Crippen LogP contribution in [0.5, 0.6) is 0 Å². The molecule has 0 aliphatic rings. The maximum Gasteiger partial charge on any atom is 0.362 e. The second-order valence-electron chi connectivity index (χ2n) is 15.2. The van der Waals surface area contributed by atoms with Crippen molar-refractivity contribution in [2.45, 2.75) is 161 Å². The Hall–Kier alpha value is -3.49. The van der Waals surface area contributed by atoms with Gasteiger partial charge in [0.05, 0.1) is 34.4 Å². The van der Waals surface area contributed by atoms with Crippen LogP contribution in [0, 0.1) is 0 Å². The van der Waals surface area contributed by atoms with Gasteiger partial charge in [-0.2, -0.15) is 0 Å². The minimum atomic E-state index is -0.892. The number of esters is 2. The van der Waals surface area contributed by atoms with E-state index in [0.29, 0.717) is 19.3 Å². The van der Waals surface area contributed by atoms with E-state index in [1.807, 2.05) is 33.3 Å². The molecule has 318 valence electrons. The lowest BCUT2D eigenvalue weighted by Gasteiger charge is -2.31. The Balaban J connectivity index is 4.54. The smallest absolute Gasteiger partial charge is 0.362 e. The zero-order valence-electron chi connectivity index (χ0n) is 36.1.